The second kappa shape index (κ2) is 8.49. The number of methoxy groups -OCH3 is 1. The predicted molar refractivity (Wildman–Crippen MR) is 54.9 cm³/mol. The fourth-order valence-corrected chi connectivity index (χ4v) is 1.09. The van der Waals surface area contributed by atoms with Gasteiger partial charge in [-0.1, -0.05) is 5.46 Å². The first kappa shape index (κ1) is 17.4. The second-order valence-corrected chi connectivity index (χ2v) is 3.22. The number of pyridine rings is 1. The first-order chi connectivity index (χ1) is 7.54. The van der Waals surface area contributed by atoms with Crippen molar-refractivity contribution < 1.29 is 73.8 Å². The molecule has 0 bridgehead atoms. The van der Waals surface area contributed by atoms with E-state index in [4.69, 9.17) is 9.47 Å². The van der Waals surface area contributed by atoms with Crippen LogP contribution in [0.3, 0.4) is 0 Å². The minimum Gasteiger partial charge on any atom is -0.492 e. The fraction of sp³-hybridized carbons (Fsp3) is 0.444. The van der Waals surface area contributed by atoms with Crippen LogP contribution >= 0.6 is 0 Å². The SMILES string of the molecule is COCCCOc1cncc([B-](F)(F)F)c1.[K+]. The van der Waals surface area contributed by atoms with E-state index in [1.54, 1.807) is 7.11 Å². The molecule has 1 aromatic rings. The van der Waals surface area contributed by atoms with Crippen LogP contribution in [0.15, 0.2) is 18.5 Å². The maximum atomic E-state index is 12.4. The van der Waals surface area contributed by atoms with Gasteiger partial charge in [-0.15, -0.1) is 0 Å². The average molecular weight is 273 g/mol. The molecule has 0 aliphatic carbocycles. The summed E-state index contributed by atoms with van der Waals surface area (Å²) in [6, 6.07) is 0.958. The van der Waals surface area contributed by atoms with E-state index in [0.29, 0.717) is 19.6 Å². The Bertz CT molecular complexity index is 338. The molecule has 0 spiro atoms. The van der Waals surface area contributed by atoms with Gasteiger partial charge in [0, 0.05) is 26.3 Å². The predicted octanol–water partition coefficient (Wildman–Crippen LogP) is -1.44. The van der Waals surface area contributed by atoms with E-state index in [2.05, 4.69) is 4.98 Å². The Kier molecular flexibility index (Phi) is 8.69. The molecule has 0 fully saturated rings. The molecular formula is C9H12BF3KNO2. The van der Waals surface area contributed by atoms with Crippen molar-refractivity contribution in [2.24, 2.45) is 0 Å². The number of halogens is 3. The van der Waals surface area contributed by atoms with Crippen molar-refractivity contribution >= 4 is 12.4 Å². The molecule has 8 heteroatoms. The molecule has 0 radical (unpaired) electrons. The fourth-order valence-electron chi connectivity index (χ4n) is 1.09. The van der Waals surface area contributed by atoms with Gasteiger partial charge in [0.1, 0.15) is 5.75 Å². The summed E-state index contributed by atoms with van der Waals surface area (Å²) in [6.45, 7) is -4.20. The van der Waals surface area contributed by atoms with Crippen molar-refractivity contribution in [3.05, 3.63) is 18.5 Å². The minimum absolute atomic E-state index is 0. The van der Waals surface area contributed by atoms with E-state index in [9.17, 15) is 12.9 Å². The quantitative estimate of drug-likeness (QED) is 0.470. The third kappa shape index (κ3) is 6.78. The van der Waals surface area contributed by atoms with Gasteiger partial charge in [0.15, 0.2) is 0 Å². The molecule has 0 atom stereocenters. The summed E-state index contributed by atoms with van der Waals surface area (Å²) >= 11 is 0. The van der Waals surface area contributed by atoms with Gasteiger partial charge in [-0.25, -0.2) is 0 Å². The summed E-state index contributed by atoms with van der Waals surface area (Å²) in [6.07, 6.45) is 2.68. The largest absolute Gasteiger partial charge is 1.00 e. The first-order valence-electron chi connectivity index (χ1n) is 4.80. The molecule has 0 saturated carbocycles. The van der Waals surface area contributed by atoms with E-state index < -0.39 is 12.4 Å². The van der Waals surface area contributed by atoms with Gasteiger partial charge in [0.05, 0.1) is 12.8 Å². The Morgan fingerprint density at radius 3 is 2.53 bits per heavy atom. The average Bonchev–Trinajstić information content (AvgIpc) is 2.24. The van der Waals surface area contributed by atoms with Gasteiger partial charge in [-0.05, 0) is 6.07 Å². The van der Waals surface area contributed by atoms with Crippen LogP contribution in [0.1, 0.15) is 6.42 Å². The summed E-state index contributed by atoms with van der Waals surface area (Å²) in [5.74, 6) is 0.132. The van der Waals surface area contributed by atoms with Crippen molar-refractivity contribution in [1.82, 2.24) is 4.98 Å². The summed E-state index contributed by atoms with van der Waals surface area (Å²) in [5.41, 5.74) is -0.746. The molecule has 0 aliphatic rings. The standard InChI is InChI=1S/C9H12BF3NO2.K/c1-15-3-2-4-16-9-5-8(6-14-7-9)10(11,12)13;/h5-7H,2-4H2,1H3;/q-1;+1. The Balaban J connectivity index is 0.00000256. The van der Waals surface area contributed by atoms with E-state index >= 15 is 0 Å². The van der Waals surface area contributed by atoms with Crippen LogP contribution in [0.2, 0.25) is 0 Å². The number of hydrogen-bond donors (Lipinski definition) is 0. The van der Waals surface area contributed by atoms with Crippen molar-refractivity contribution in [1.29, 1.82) is 0 Å². The maximum Gasteiger partial charge on any atom is 1.00 e. The van der Waals surface area contributed by atoms with Crippen molar-refractivity contribution in [3.8, 4) is 5.75 Å². The van der Waals surface area contributed by atoms with E-state index in [-0.39, 0.29) is 57.1 Å². The zero-order chi connectivity index (χ0) is 12.0. The molecule has 0 aromatic carbocycles. The molecule has 1 heterocycles. The number of rotatable bonds is 6. The van der Waals surface area contributed by atoms with Gasteiger partial charge in [0.2, 0.25) is 0 Å². The number of nitrogens with zero attached hydrogens (tertiary/aromatic N) is 1. The third-order valence-electron chi connectivity index (χ3n) is 1.87. The molecule has 1 aromatic heterocycles. The molecule has 0 N–H and O–H groups in total. The zero-order valence-corrected chi connectivity index (χ0v) is 13.0. The first-order valence-corrected chi connectivity index (χ1v) is 4.80. The Morgan fingerprint density at radius 1 is 1.24 bits per heavy atom. The molecule has 90 valence electrons. The third-order valence-corrected chi connectivity index (χ3v) is 1.87. The molecule has 0 amide bonds. The van der Waals surface area contributed by atoms with E-state index in [1.165, 1.54) is 6.20 Å². The summed E-state index contributed by atoms with van der Waals surface area (Å²) < 4.78 is 47.0. The molecule has 0 unspecified atom stereocenters. The maximum absolute atomic E-state index is 12.4. The summed E-state index contributed by atoms with van der Waals surface area (Å²) in [7, 11) is 1.55. The minimum atomic E-state index is -5.02. The molecule has 0 saturated heterocycles. The molecule has 3 nitrogen and oxygen atoms in total. The van der Waals surface area contributed by atoms with Gasteiger partial charge in [0.25, 0.3) is 0 Å². The van der Waals surface area contributed by atoms with Crippen LogP contribution < -0.4 is 61.6 Å². The number of ether oxygens (including phenoxy) is 2. The number of aromatic nitrogens is 1. The van der Waals surface area contributed by atoms with Crippen LogP contribution in [0.25, 0.3) is 0 Å². The van der Waals surface area contributed by atoms with E-state index in [1.807, 2.05) is 0 Å². The summed E-state index contributed by atoms with van der Waals surface area (Å²) in [4.78, 5) is 3.49. The van der Waals surface area contributed by atoms with Gasteiger partial charge < -0.3 is 22.4 Å². The molecule has 17 heavy (non-hydrogen) atoms. The van der Waals surface area contributed by atoms with Crippen LogP contribution in [0.4, 0.5) is 12.9 Å². The topological polar surface area (TPSA) is 31.4 Å². The van der Waals surface area contributed by atoms with Gasteiger partial charge in [-0.2, -0.15) is 0 Å². The zero-order valence-electron chi connectivity index (χ0n) is 9.83. The van der Waals surface area contributed by atoms with E-state index in [0.717, 1.165) is 12.3 Å². The molecule has 1 rings (SSSR count). The Morgan fingerprint density at radius 2 is 1.94 bits per heavy atom. The van der Waals surface area contributed by atoms with Crippen molar-refractivity contribution in [3.63, 3.8) is 0 Å². The van der Waals surface area contributed by atoms with Crippen LogP contribution in [0, 0.1) is 0 Å². The van der Waals surface area contributed by atoms with Crippen LogP contribution in [0.5, 0.6) is 5.75 Å². The summed E-state index contributed by atoms with van der Waals surface area (Å²) in [5, 5.41) is 0. The number of hydrogen-bond acceptors (Lipinski definition) is 3. The smallest absolute Gasteiger partial charge is 0.492 e. The van der Waals surface area contributed by atoms with Crippen molar-refractivity contribution in [2.45, 2.75) is 6.42 Å². The monoisotopic (exact) mass is 273 g/mol. The molecule has 0 aliphatic heterocycles. The Labute approximate surface area is 141 Å². The van der Waals surface area contributed by atoms with Crippen LogP contribution in [-0.2, 0) is 4.74 Å². The van der Waals surface area contributed by atoms with Crippen LogP contribution in [-0.4, -0.2) is 32.3 Å². The van der Waals surface area contributed by atoms with Crippen molar-refractivity contribution in [2.75, 3.05) is 20.3 Å². The Hall–Kier alpha value is 0.401. The molecular weight excluding hydrogens is 261 g/mol. The van der Waals surface area contributed by atoms with Gasteiger partial charge in [-0.3, -0.25) is 4.98 Å². The second-order valence-electron chi connectivity index (χ2n) is 3.22. The van der Waals surface area contributed by atoms with Gasteiger partial charge >= 0.3 is 58.4 Å². The normalized spacial score (nSPS) is 10.8.